The second-order valence-corrected chi connectivity index (χ2v) is 13.8. The normalized spacial score (nSPS) is 14.6. The number of carbonyl (C=O) groups excluding carboxylic acids is 3. The first-order chi connectivity index (χ1) is 24.2. The lowest BCUT2D eigenvalue weighted by molar-refractivity contribution is -0.131. The van der Waals surface area contributed by atoms with Crippen molar-refractivity contribution in [3.05, 3.63) is 111 Å². The molecule has 0 unspecified atom stereocenters. The molecule has 1 aromatic heterocycles. The van der Waals surface area contributed by atoms with E-state index >= 15 is 0 Å². The molecular formula is C40H47ClN6O3. The maximum atomic E-state index is 14.5. The van der Waals surface area contributed by atoms with Crippen molar-refractivity contribution in [1.29, 1.82) is 0 Å². The van der Waals surface area contributed by atoms with Gasteiger partial charge in [-0.2, -0.15) is 5.10 Å². The fourth-order valence-corrected chi connectivity index (χ4v) is 7.08. The van der Waals surface area contributed by atoms with Crippen LogP contribution in [0.1, 0.15) is 82.8 Å². The second kappa shape index (κ2) is 15.9. The number of nitrogens with zero attached hydrogens (tertiary/aromatic N) is 6. The summed E-state index contributed by atoms with van der Waals surface area (Å²) in [5.74, 6) is -0.166. The summed E-state index contributed by atoms with van der Waals surface area (Å²) < 4.78 is 1.73. The molecule has 10 heteroatoms. The SMILES string of the molecule is CCCCN(CCCC)C(=O)c1cc(C)n(-c2ccc(N3CCN(Cc4cccc(Cl)c4)C(=O)C3)cc2C(=O)N2CCc3ccccc3C2)n1. The molecule has 6 rings (SSSR count). The third-order valence-corrected chi connectivity index (χ3v) is 9.99. The minimum atomic E-state index is -0.0995. The molecule has 2 aliphatic heterocycles. The van der Waals surface area contributed by atoms with E-state index in [1.807, 2.05) is 87.2 Å². The zero-order valence-electron chi connectivity index (χ0n) is 29.4. The van der Waals surface area contributed by atoms with Gasteiger partial charge < -0.3 is 19.6 Å². The highest BCUT2D eigenvalue weighted by Crippen LogP contribution is 2.29. The summed E-state index contributed by atoms with van der Waals surface area (Å²) in [4.78, 5) is 49.2. The Bertz CT molecular complexity index is 1850. The van der Waals surface area contributed by atoms with Crippen molar-refractivity contribution in [2.75, 3.05) is 44.2 Å². The molecule has 0 bridgehead atoms. The number of carbonyl (C=O) groups is 3. The minimum Gasteiger partial charge on any atom is -0.360 e. The molecule has 4 aromatic rings. The predicted octanol–water partition coefficient (Wildman–Crippen LogP) is 6.92. The van der Waals surface area contributed by atoms with Gasteiger partial charge in [-0.1, -0.05) is 74.7 Å². The molecule has 3 amide bonds. The lowest BCUT2D eigenvalue weighted by atomic mass is 9.99. The molecule has 3 heterocycles. The third kappa shape index (κ3) is 7.88. The Morgan fingerprint density at radius 3 is 2.34 bits per heavy atom. The summed E-state index contributed by atoms with van der Waals surface area (Å²) in [5, 5.41) is 5.47. The Kier molecular flexibility index (Phi) is 11.2. The van der Waals surface area contributed by atoms with Crippen molar-refractivity contribution in [2.45, 2.75) is 66.0 Å². The van der Waals surface area contributed by atoms with E-state index in [1.54, 1.807) is 4.68 Å². The number of aryl methyl sites for hydroxylation is 1. The topological polar surface area (TPSA) is 82.0 Å². The summed E-state index contributed by atoms with van der Waals surface area (Å²) in [7, 11) is 0. The van der Waals surface area contributed by atoms with Gasteiger partial charge in [0.1, 0.15) is 0 Å². The Hall–Kier alpha value is -4.63. The molecule has 1 saturated heterocycles. The van der Waals surface area contributed by atoms with Gasteiger partial charge in [0, 0.05) is 62.2 Å². The number of aromatic nitrogens is 2. The number of benzene rings is 3. The zero-order valence-corrected chi connectivity index (χ0v) is 30.2. The van der Waals surface area contributed by atoms with Crippen molar-refractivity contribution in [3.8, 4) is 5.69 Å². The van der Waals surface area contributed by atoms with Crippen LogP contribution in [0, 0.1) is 6.92 Å². The average molecular weight is 695 g/mol. The molecule has 0 spiro atoms. The van der Waals surface area contributed by atoms with Gasteiger partial charge >= 0.3 is 0 Å². The van der Waals surface area contributed by atoms with Crippen molar-refractivity contribution in [3.63, 3.8) is 0 Å². The second-order valence-electron chi connectivity index (χ2n) is 13.4. The lowest BCUT2D eigenvalue weighted by Gasteiger charge is -2.36. The summed E-state index contributed by atoms with van der Waals surface area (Å²) in [6.45, 7) is 10.6. The molecule has 2 aliphatic rings. The molecular weight excluding hydrogens is 648 g/mol. The van der Waals surface area contributed by atoms with Crippen LogP contribution in [0.5, 0.6) is 0 Å². The molecule has 9 nitrogen and oxygen atoms in total. The van der Waals surface area contributed by atoms with E-state index in [4.69, 9.17) is 16.7 Å². The third-order valence-electron chi connectivity index (χ3n) is 9.76. The smallest absolute Gasteiger partial charge is 0.274 e. The Morgan fingerprint density at radius 1 is 0.860 bits per heavy atom. The van der Waals surface area contributed by atoms with E-state index in [9.17, 15) is 14.4 Å². The largest absolute Gasteiger partial charge is 0.360 e. The number of rotatable bonds is 12. The quantitative estimate of drug-likeness (QED) is 0.161. The number of fused-ring (bicyclic) bond motifs is 1. The van der Waals surface area contributed by atoms with Crippen LogP contribution in [-0.2, 0) is 24.3 Å². The van der Waals surface area contributed by atoms with Crippen molar-refractivity contribution in [2.24, 2.45) is 0 Å². The number of hydrogen-bond donors (Lipinski definition) is 0. The highest BCUT2D eigenvalue weighted by Gasteiger charge is 2.29. The van der Waals surface area contributed by atoms with Gasteiger partial charge in [0.05, 0.1) is 17.8 Å². The highest BCUT2D eigenvalue weighted by molar-refractivity contribution is 6.30. The van der Waals surface area contributed by atoms with E-state index in [0.717, 1.165) is 54.6 Å². The monoisotopic (exact) mass is 694 g/mol. The first-order valence-corrected chi connectivity index (χ1v) is 18.3. The van der Waals surface area contributed by atoms with Crippen LogP contribution in [0.3, 0.4) is 0 Å². The number of piperazine rings is 1. The number of anilines is 1. The highest BCUT2D eigenvalue weighted by atomic mass is 35.5. The number of hydrogen-bond acceptors (Lipinski definition) is 5. The van der Waals surface area contributed by atoms with E-state index < -0.39 is 0 Å². The fourth-order valence-electron chi connectivity index (χ4n) is 6.87. The molecule has 0 radical (unpaired) electrons. The van der Waals surface area contributed by atoms with Gasteiger partial charge in [0.2, 0.25) is 5.91 Å². The van der Waals surface area contributed by atoms with Crippen LogP contribution in [0.4, 0.5) is 5.69 Å². The van der Waals surface area contributed by atoms with Gasteiger partial charge in [0.15, 0.2) is 5.69 Å². The van der Waals surface area contributed by atoms with Gasteiger partial charge in [-0.3, -0.25) is 14.4 Å². The summed E-state index contributed by atoms with van der Waals surface area (Å²) in [6.07, 6.45) is 4.66. The first kappa shape index (κ1) is 35.2. The fraction of sp³-hybridized carbons (Fsp3) is 0.400. The molecule has 3 aromatic carbocycles. The standard InChI is InChI=1S/C40H47ClN6O3/c1-4-6-18-43(19-7-5-2)40(50)36-23-29(3)47(42-36)37-16-15-34(25-35(37)39(49)46-20-17-31-12-8-9-13-32(31)27-46)44-21-22-45(38(48)28-44)26-30-11-10-14-33(41)24-30/h8-16,23-25H,4-7,17-22,26-28H2,1-3H3. The maximum absolute atomic E-state index is 14.5. The number of halogens is 1. The van der Waals surface area contributed by atoms with E-state index in [-0.39, 0.29) is 24.3 Å². The van der Waals surface area contributed by atoms with E-state index in [2.05, 4.69) is 26.0 Å². The van der Waals surface area contributed by atoms with Gasteiger partial charge in [-0.25, -0.2) is 4.68 Å². The molecule has 0 atom stereocenters. The predicted molar refractivity (Wildman–Crippen MR) is 198 cm³/mol. The van der Waals surface area contributed by atoms with Crippen LogP contribution < -0.4 is 4.90 Å². The lowest BCUT2D eigenvalue weighted by Crippen LogP contribution is -2.50. The van der Waals surface area contributed by atoms with Crippen molar-refractivity contribution >= 4 is 35.0 Å². The molecule has 0 aliphatic carbocycles. The molecule has 262 valence electrons. The molecule has 1 fully saturated rings. The van der Waals surface area contributed by atoms with Crippen LogP contribution in [0.15, 0.2) is 72.8 Å². The Balaban J connectivity index is 1.30. The number of unbranched alkanes of at least 4 members (excludes halogenated alkanes) is 2. The van der Waals surface area contributed by atoms with Crippen molar-refractivity contribution in [1.82, 2.24) is 24.5 Å². The maximum Gasteiger partial charge on any atom is 0.274 e. The Labute approximate surface area is 300 Å². The van der Waals surface area contributed by atoms with Crippen LogP contribution in [-0.4, -0.2) is 81.5 Å². The van der Waals surface area contributed by atoms with E-state index in [1.165, 1.54) is 5.56 Å². The Morgan fingerprint density at radius 2 is 1.62 bits per heavy atom. The van der Waals surface area contributed by atoms with Crippen molar-refractivity contribution < 1.29 is 14.4 Å². The summed E-state index contributed by atoms with van der Waals surface area (Å²) in [5.41, 5.74) is 6.47. The van der Waals surface area contributed by atoms with Gasteiger partial charge in [0.25, 0.3) is 11.8 Å². The molecule has 0 N–H and O–H groups in total. The average Bonchev–Trinajstić information content (AvgIpc) is 3.52. The van der Waals surface area contributed by atoms with Gasteiger partial charge in [-0.15, -0.1) is 0 Å². The van der Waals surface area contributed by atoms with Crippen LogP contribution >= 0.6 is 11.6 Å². The molecule has 50 heavy (non-hydrogen) atoms. The summed E-state index contributed by atoms with van der Waals surface area (Å²) in [6, 6.07) is 23.4. The summed E-state index contributed by atoms with van der Waals surface area (Å²) >= 11 is 6.19. The van der Waals surface area contributed by atoms with Gasteiger partial charge in [-0.05, 0) is 79.3 Å². The zero-order chi connectivity index (χ0) is 35.2. The van der Waals surface area contributed by atoms with E-state index in [0.29, 0.717) is 67.8 Å². The number of amides is 3. The first-order valence-electron chi connectivity index (χ1n) is 17.9. The minimum absolute atomic E-state index is 0.0163. The van der Waals surface area contributed by atoms with Crippen LogP contribution in [0.2, 0.25) is 5.02 Å². The molecule has 0 saturated carbocycles. The van der Waals surface area contributed by atoms with Crippen LogP contribution in [0.25, 0.3) is 5.69 Å².